The first-order valence-electron chi connectivity index (χ1n) is 9.03. The van der Waals surface area contributed by atoms with Gasteiger partial charge in [-0.1, -0.05) is 42.0 Å². The number of aryl methyl sites for hydroxylation is 2. The van der Waals surface area contributed by atoms with Crippen LogP contribution in [-0.2, 0) is 11.2 Å². The lowest BCUT2D eigenvalue weighted by Crippen LogP contribution is -2.29. The molecule has 0 radical (unpaired) electrons. The molecule has 0 heterocycles. The van der Waals surface area contributed by atoms with Crippen LogP contribution in [0.25, 0.3) is 0 Å². The lowest BCUT2D eigenvalue weighted by Gasteiger charge is -2.11. The molecule has 0 bridgehead atoms. The molecule has 2 amide bonds. The van der Waals surface area contributed by atoms with Crippen LogP contribution in [0, 0.1) is 6.92 Å². The molecule has 0 spiro atoms. The van der Waals surface area contributed by atoms with Crippen LogP contribution in [0.1, 0.15) is 40.7 Å². The van der Waals surface area contributed by atoms with Crippen molar-refractivity contribution in [1.29, 1.82) is 0 Å². The molecule has 4 N–H and O–H groups in total. The Morgan fingerprint density at radius 2 is 1.73 bits per heavy atom. The van der Waals surface area contributed by atoms with E-state index in [0.717, 1.165) is 19.3 Å². The van der Waals surface area contributed by atoms with Gasteiger partial charge in [0.15, 0.2) is 0 Å². The second-order valence-corrected chi connectivity index (χ2v) is 6.33. The van der Waals surface area contributed by atoms with Crippen molar-refractivity contribution in [1.82, 2.24) is 5.32 Å². The van der Waals surface area contributed by atoms with Gasteiger partial charge in [0.2, 0.25) is 5.91 Å². The van der Waals surface area contributed by atoms with Crippen LogP contribution < -0.4 is 16.4 Å². The molecule has 0 saturated carbocycles. The van der Waals surface area contributed by atoms with E-state index < -0.39 is 0 Å². The highest BCUT2D eigenvalue weighted by molar-refractivity contribution is 6.03. The van der Waals surface area contributed by atoms with Gasteiger partial charge in [0.05, 0.1) is 11.3 Å². The first-order chi connectivity index (χ1) is 12.6. The largest absolute Gasteiger partial charge is 0.351 e. The maximum absolute atomic E-state index is 12.2. The Morgan fingerprint density at radius 1 is 1.00 bits per heavy atom. The molecule has 0 aliphatic rings. The maximum Gasteiger partial charge on any atom is 0.253 e. The van der Waals surface area contributed by atoms with Gasteiger partial charge in [-0.3, -0.25) is 9.59 Å². The number of nitrogens with one attached hydrogen (secondary N) is 2. The standard InChI is InChI=1S/C21H27N3O2/c1-16-10-12-17(13-11-16)6-2-5-9-20(25)24-19-8-4-3-7-18(19)21(26)23-15-14-22/h3-4,7-8,10-13H,2,5-6,9,14-15,22H2,1H3,(H,23,26)(H,24,25). The number of unbranched alkanes of at least 4 members (excludes halogenated alkanes) is 1. The molecule has 26 heavy (non-hydrogen) atoms. The summed E-state index contributed by atoms with van der Waals surface area (Å²) in [5.41, 5.74) is 8.93. The zero-order valence-corrected chi connectivity index (χ0v) is 15.3. The van der Waals surface area contributed by atoms with Crippen LogP contribution >= 0.6 is 0 Å². The van der Waals surface area contributed by atoms with Crippen molar-refractivity contribution in [2.45, 2.75) is 32.6 Å². The number of carbonyl (C=O) groups is 2. The van der Waals surface area contributed by atoms with Gasteiger partial charge in [0, 0.05) is 19.5 Å². The molecule has 0 saturated heterocycles. The van der Waals surface area contributed by atoms with E-state index in [1.165, 1.54) is 11.1 Å². The smallest absolute Gasteiger partial charge is 0.253 e. The summed E-state index contributed by atoms with van der Waals surface area (Å²) in [4.78, 5) is 24.3. The van der Waals surface area contributed by atoms with E-state index in [0.29, 0.717) is 30.8 Å². The Bertz CT molecular complexity index is 726. The van der Waals surface area contributed by atoms with E-state index in [1.54, 1.807) is 24.3 Å². The van der Waals surface area contributed by atoms with Crippen molar-refractivity contribution in [2.75, 3.05) is 18.4 Å². The van der Waals surface area contributed by atoms with Crippen LogP contribution in [-0.4, -0.2) is 24.9 Å². The Morgan fingerprint density at radius 3 is 2.46 bits per heavy atom. The van der Waals surface area contributed by atoms with Gasteiger partial charge in [-0.05, 0) is 43.9 Å². The number of carbonyl (C=O) groups excluding carboxylic acids is 2. The summed E-state index contributed by atoms with van der Waals surface area (Å²) in [6.07, 6.45) is 3.16. The van der Waals surface area contributed by atoms with E-state index in [4.69, 9.17) is 5.73 Å². The molecule has 2 aromatic carbocycles. The van der Waals surface area contributed by atoms with Gasteiger partial charge >= 0.3 is 0 Å². The van der Waals surface area contributed by atoms with Crippen LogP contribution in [0.2, 0.25) is 0 Å². The fourth-order valence-corrected chi connectivity index (χ4v) is 2.65. The maximum atomic E-state index is 12.2. The van der Waals surface area contributed by atoms with E-state index in [9.17, 15) is 9.59 Å². The van der Waals surface area contributed by atoms with Gasteiger partial charge in [0.1, 0.15) is 0 Å². The monoisotopic (exact) mass is 353 g/mol. The molecule has 0 aliphatic heterocycles. The second kappa shape index (κ2) is 10.4. The SMILES string of the molecule is Cc1ccc(CCCCC(=O)Nc2ccccc2C(=O)NCCN)cc1. The Balaban J connectivity index is 1.80. The summed E-state index contributed by atoms with van der Waals surface area (Å²) in [5.74, 6) is -0.307. The minimum absolute atomic E-state index is 0.0759. The van der Waals surface area contributed by atoms with Gasteiger partial charge in [-0.25, -0.2) is 0 Å². The number of amides is 2. The summed E-state index contributed by atoms with van der Waals surface area (Å²) < 4.78 is 0. The fraction of sp³-hybridized carbons (Fsp3) is 0.333. The molecule has 2 aromatic rings. The van der Waals surface area contributed by atoms with Crippen LogP contribution in [0.4, 0.5) is 5.69 Å². The van der Waals surface area contributed by atoms with Crippen molar-refractivity contribution < 1.29 is 9.59 Å². The first-order valence-corrected chi connectivity index (χ1v) is 9.03. The molecule has 0 aromatic heterocycles. The van der Waals surface area contributed by atoms with Gasteiger partial charge in [0.25, 0.3) is 5.91 Å². The minimum atomic E-state index is -0.231. The third-order valence-corrected chi connectivity index (χ3v) is 4.12. The summed E-state index contributed by atoms with van der Waals surface area (Å²) in [6, 6.07) is 15.5. The molecule has 5 nitrogen and oxygen atoms in total. The minimum Gasteiger partial charge on any atom is -0.351 e. The zero-order chi connectivity index (χ0) is 18.8. The molecular weight excluding hydrogens is 326 g/mol. The predicted molar refractivity (Wildman–Crippen MR) is 105 cm³/mol. The van der Waals surface area contributed by atoms with E-state index in [1.807, 2.05) is 0 Å². The second-order valence-electron chi connectivity index (χ2n) is 6.33. The average Bonchev–Trinajstić information content (AvgIpc) is 2.65. The number of benzene rings is 2. The highest BCUT2D eigenvalue weighted by Crippen LogP contribution is 2.16. The predicted octanol–water partition coefficient (Wildman–Crippen LogP) is 3.04. The molecule has 0 fully saturated rings. The average molecular weight is 353 g/mol. The highest BCUT2D eigenvalue weighted by Gasteiger charge is 2.12. The summed E-state index contributed by atoms with van der Waals surface area (Å²) in [7, 11) is 0. The van der Waals surface area contributed by atoms with Crippen molar-refractivity contribution in [3.63, 3.8) is 0 Å². The number of hydrogen-bond donors (Lipinski definition) is 3. The molecule has 0 atom stereocenters. The van der Waals surface area contributed by atoms with Crippen molar-refractivity contribution >= 4 is 17.5 Å². The van der Waals surface area contributed by atoms with Crippen LogP contribution in [0.15, 0.2) is 48.5 Å². The third kappa shape index (κ3) is 6.33. The lowest BCUT2D eigenvalue weighted by molar-refractivity contribution is -0.116. The molecular formula is C21H27N3O2. The van der Waals surface area contributed by atoms with E-state index in [-0.39, 0.29) is 11.8 Å². The van der Waals surface area contributed by atoms with Crippen molar-refractivity contribution in [2.24, 2.45) is 5.73 Å². The van der Waals surface area contributed by atoms with Crippen LogP contribution in [0.5, 0.6) is 0 Å². The summed E-state index contributed by atoms with van der Waals surface area (Å²) in [6.45, 7) is 2.85. The number of nitrogens with two attached hydrogens (primary N) is 1. The normalized spacial score (nSPS) is 10.4. The van der Waals surface area contributed by atoms with Crippen molar-refractivity contribution in [3.05, 3.63) is 65.2 Å². The summed E-state index contributed by atoms with van der Waals surface area (Å²) >= 11 is 0. The summed E-state index contributed by atoms with van der Waals surface area (Å²) in [5, 5.41) is 5.56. The first kappa shape index (κ1) is 19.7. The van der Waals surface area contributed by atoms with Gasteiger partial charge < -0.3 is 16.4 Å². The van der Waals surface area contributed by atoms with Crippen molar-refractivity contribution in [3.8, 4) is 0 Å². The van der Waals surface area contributed by atoms with E-state index >= 15 is 0 Å². The zero-order valence-electron chi connectivity index (χ0n) is 15.3. The highest BCUT2D eigenvalue weighted by atomic mass is 16.2. The van der Waals surface area contributed by atoms with Gasteiger partial charge in [-0.2, -0.15) is 0 Å². The number of anilines is 1. The molecule has 138 valence electrons. The quantitative estimate of drug-likeness (QED) is 0.606. The van der Waals surface area contributed by atoms with Gasteiger partial charge in [-0.15, -0.1) is 0 Å². The molecule has 2 rings (SSSR count). The molecule has 0 aliphatic carbocycles. The Labute approximate surface area is 155 Å². The number of hydrogen-bond acceptors (Lipinski definition) is 3. The fourth-order valence-electron chi connectivity index (χ4n) is 2.65. The topological polar surface area (TPSA) is 84.2 Å². The van der Waals surface area contributed by atoms with Crippen LogP contribution in [0.3, 0.4) is 0 Å². The third-order valence-electron chi connectivity index (χ3n) is 4.12. The number of rotatable bonds is 9. The molecule has 5 heteroatoms. The van der Waals surface area contributed by atoms with E-state index in [2.05, 4.69) is 41.8 Å². The lowest BCUT2D eigenvalue weighted by atomic mass is 10.1. The molecule has 0 unspecified atom stereocenters. The number of para-hydroxylation sites is 1. The Kier molecular flexibility index (Phi) is 7.83. The Hall–Kier alpha value is -2.66.